The lowest BCUT2D eigenvalue weighted by Crippen LogP contribution is -2.27. The lowest BCUT2D eigenvalue weighted by Gasteiger charge is -2.15. The Labute approximate surface area is 128 Å². The Kier molecular flexibility index (Phi) is 3.84. The summed E-state index contributed by atoms with van der Waals surface area (Å²) in [5.74, 6) is 0.463. The predicted octanol–water partition coefficient (Wildman–Crippen LogP) is 3.77. The van der Waals surface area contributed by atoms with Crippen molar-refractivity contribution in [3.63, 3.8) is 0 Å². The summed E-state index contributed by atoms with van der Waals surface area (Å²) in [5, 5.41) is 3.78. The van der Waals surface area contributed by atoms with Gasteiger partial charge >= 0.3 is 0 Å². The van der Waals surface area contributed by atoms with Gasteiger partial charge in [-0.1, -0.05) is 29.8 Å². The molecule has 4 heteroatoms. The molecule has 2 aromatic rings. The zero-order valence-corrected chi connectivity index (χ0v) is 12.5. The number of methoxy groups -OCH3 is 1. The van der Waals surface area contributed by atoms with Crippen LogP contribution in [0.4, 0.5) is 0 Å². The molecule has 108 valence electrons. The Morgan fingerprint density at radius 1 is 1.29 bits per heavy atom. The molecule has 1 amide bonds. The molecule has 3 nitrogen and oxygen atoms in total. The number of rotatable bonds is 3. The molecule has 1 aliphatic carbocycles. The fourth-order valence-corrected chi connectivity index (χ4v) is 2.97. The molecule has 1 aliphatic rings. The van der Waals surface area contributed by atoms with Crippen molar-refractivity contribution in [2.45, 2.75) is 18.9 Å². The highest BCUT2D eigenvalue weighted by atomic mass is 35.5. The molecule has 21 heavy (non-hydrogen) atoms. The third kappa shape index (κ3) is 2.74. The fourth-order valence-electron chi connectivity index (χ4n) is 2.79. The summed E-state index contributed by atoms with van der Waals surface area (Å²) < 4.78 is 5.24. The second-order valence-electron chi connectivity index (χ2n) is 5.11. The Morgan fingerprint density at radius 3 is 2.90 bits per heavy atom. The standard InChI is InChI=1S/C17H16ClNO2/c1-21-16-5-3-2-4-13(16)17(20)19-15-9-7-11-6-8-12(18)10-14(11)15/h2-6,8,10,15H,7,9H2,1H3,(H,19,20)/t15-/m1/s1. The highest BCUT2D eigenvalue weighted by molar-refractivity contribution is 6.30. The molecule has 0 fully saturated rings. The minimum absolute atomic E-state index is 0.0103. The number of halogens is 1. The van der Waals surface area contributed by atoms with Gasteiger partial charge < -0.3 is 10.1 Å². The third-order valence-corrected chi connectivity index (χ3v) is 4.08. The Bertz CT molecular complexity index is 684. The summed E-state index contributed by atoms with van der Waals surface area (Å²) in [6.07, 6.45) is 1.86. The second-order valence-corrected chi connectivity index (χ2v) is 5.54. The molecule has 3 rings (SSSR count). The number of hydrogen-bond acceptors (Lipinski definition) is 2. The molecule has 0 heterocycles. The lowest BCUT2D eigenvalue weighted by molar-refractivity contribution is 0.0933. The van der Waals surface area contributed by atoms with Gasteiger partial charge in [-0.3, -0.25) is 4.79 Å². The molecule has 0 saturated heterocycles. The minimum atomic E-state index is -0.120. The molecule has 0 bridgehead atoms. The SMILES string of the molecule is COc1ccccc1C(=O)N[C@@H]1CCc2ccc(Cl)cc21. The topological polar surface area (TPSA) is 38.3 Å². The molecule has 0 unspecified atom stereocenters. The number of nitrogens with one attached hydrogen (secondary N) is 1. The number of fused-ring (bicyclic) bond motifs is 1. The van der Waals surface area contributed by atoms with Gasteiger partial charge in [0, 0.05) is 5.02 Å². The first-order valence-corrected chi connectivity index (χ1v) is 7.29. The molecule has 1 N–H and O–H groups in total. The number of para-hydroxylation sites is 1. The van der Waals surface area contributed by atoms with Gasteiger partial charge in [-0.15, -0.1) is 0 Å². The van der Waals surface area contributed by atoms with E-state index in [1.165, 1.54) is 5.56 Å². The number of aryl methyl sites for hydroxylation is 1. The van der Waals surface area contributed by atoms with E-state index in [4.69, 9.17) is 16.3 Å². The summed E-state index contributed by atoms with van der Waals surface area (Å²) in [6, 6.07) is 13.1. The van der Waals surface area contributed by atoms with Crippen molar-refractivity contribution in [1.29, 1.82) is 0 Å². The summed E-state index contributed by atoms with van der Waals surface area (Å²) >= 11 is 6.06. The molecule has 0 aromatic heterocycles. The van der Waals surface area contributed by atoms with E-state index >= 15 is 0 Å². The predicted molar refractivity (Wildman–Crippen MR) is 83.0 cm³/mol. The maximum absolute atomic E-state index is 12.5. The van der Waals surface area contributed by atoms with Crippen LogP contribution in [0.3, 0.4) is 0 Å². The number of amides is 1. The van der Waals surface area contributed by atoms with Gasteiger partial charge in [-0.2, -0.15) is 0 Å². The zero-order chi connectivity index (χ0) is 14.8. The van der Waals surface area contributed by atoms with E-state index in [1.807, 2.05) is 30.3 Å². The molecule has 0 radical (unpaired) electrons. The average Bonchev–Trinajstić information content (AvgIpc) is 2.89. The van der Waals surface area contributed by atoms with Gasteiger partial charge in [-0.05, 0) is 48.2 Å². The third-order valence-electron chi connectivity index (χ3n) is 3.84. The van der Waals surface area contributed by atoms with Gasteiger partial charge in [0.1, 0.15) is 5.75 Å². The van der Waals surface area contributed by atoms with E-state index in [-0.39, 0.29) is 11.9 Å². The van der Waals surface area contributed by atoms with Crippen LogP contribution in [0.5, 0.6) is 5.75 Å². The summed E-state index contributed by atoms with van der Waals surface area (Å²) in [5.41, 5.74) is 2.92. The highest BCUT2D eigenvalue weighted by Crippen LogP contribution is 2.33. The lowest BCUT2D eigenvalue weighted by atomic mass is 10.1. The van der Waals surface area contributed by atoms with Crippen LogP contribution in [-0.4, -0.2) is 13.0 Å². The maximum Gasteiger partial charge on any atom is 0.255 e. The first-order valence-electron chi connectivity index (χ1n) is 6.91. The molecule has 2 aromatic carbocycles. The van der Waals surface area contributed by atoms with Crippen LogP contribution in [0.2, 0.25) is 5.02 Å². The Hall–Kier alpha value is -2.00. The molecule has 0 spiro atoms. The summed E-state index contributed by atoms with van der Waals surface area (Å²) in [4.78, 5) is 12.5. The van der Waals surface area contributed by atoms with E-state index in [9.17, 15) is 4.79 Å². The summed E-state index contributed by atoms with van der Waals surface area (Å²) in [7, 11) is 1.57. The fraction of sp³-hybridized carbons (Fsp3) is 0.235. The maximum atomic E-state index is 12.5. The molecular weight excluding hydrogens is 286 g/mol. The van der Waals surface area contributed by atoms with E-state index in [2.05, 4.69) is 5.32 Å². The van der Waals surface area contributed by atoms with Crippen LogP contribution >= 0.6 is 11.6 Å². The molecule has 0 saturated carbocycles. The van der Waals surface area contributed by atoms with E-state index in [1.54, 1.807) is 19.2 Å². The highest BCUT2D eigenvalue weighted by Gasteiger charge is 2.25. The van der Waals surface area contributed by atoms with Gasteiger partial charge in [0.25, 0.3) is 5.91 Å². The molecule has 1 atom stereocenters. The molecular formula is C17H16ClNO2. The van der Waals surface area contributed by atoms with E-state index < -0.39 is 0 Å². The molecule has 0 aliphatic heterocycles. The van der Waals surface area contributed by atoms with Crippen molar-refractivity contribution in [1.82, 2.24) is 5.32 Å². The van der Waals surface area contributed by atoms with Crippen molar-refractivity contribution in [2.24, 2.45) is 0 Å². The second kappa shape index (κ2) is 5.78. The van der Waals surface area contributed by atoms with E-state index in [0.29, 0.717) is 16.3 Å². The Morgan fingerprint density at radius 2 is 2.10 bits per heavy atom. The van der Waals surface area contributed by atoms with Crippen molar-refractivity contribution in [3.05, 3.63) is 64.2 Å². The monoisotopic (exact) mass is 301 g/mol. The normalized spacial score (nSPS) is 16.4. The first kappa shape index (κ1) is 14.0. The number of carbonyl (C=O) groups is 1. The van der Waals surface area contributed by atoms with Gasteiger partial charge in [0.15, 0.2) is 0 Å². The van der Waals surface area contributed by atoms with Gasteiger partial charge in [0.2, 0.25) is 0 Å². The largest absolute Gasteiger partial charge is 0.496 e. The summed E-state index contributed by atoms with van der Waals surface area (Å²) in [6.45, 7) is 0. The van der Waals surface area contributed by atoms with Crippen LogP contribution in [0, 0.1) is 0 Å². The number of benzene rings is 2. The van der Waals surface area contributed by atoms with E-state index in [0.717, 1.165) is 18.4 Å². The first-order chi connectivity index (χ1) is 10.2. The number of ether oxygens (including phenoxy) is 1. The van der Waals surface area contributed by atoms with Crippen molar-refractivity contribution in [2.75, 3.05) is 7.11 Å². The minimum Gasteiger partial charge on any atom is -0.496 e. The van der Waals surface area contributed by atoms with Crippen molar-refractivity contribution >= 4 is 17.5 Å². The van der Waals surface area contributed by atoms with Crippen LogP contribution in [0.25, 0.3) is 0 Å². The smallest absolute Gasteiger partial charge is 0.255 e. The quantitative estimate of drug-likeness (QED) is 0.937. The van der Waals surface area contributed by atoms with Crippen LogP contribution < -0.4 is 10.1 Å². The number of carbonyl (C=O) groups excluding carboxylic acids is 1. The zero-order valence-electron chi connectivity index (χ0n) is 11.7. The van der Waals surface area contributed by atoms with Crippen LogP contribution in [0.15, 0.2) is 42.5 Å². The van der Waals surface area contributed by atoms with Crippen molar-refractivity contribution in [3.8, 4) is 5.75 Å². The Balaban J connectivity index is 1.83. The van der Waals surface area contributed by atoms with Gasteiger partial charge in [-0.25, -0.2) is 0 Å². The number of hydrogen-bond donors (Lipinski definition) is 1. The van der Waals surface area contributed by atoms with Crippen LogP contribution in [-0.2, 0) is 6.42 Å². The van der Waals surface area contributed by atoms with Crippen molar-refractivity contribution < 1.29 is 9.53 Å². The average molecular weight is 302 g/mol. The van der Waals surface area contributed by atoms with Gasteiger partial charge in [0.05, 0.1) is 18.7 Å². The van der Waals surface area contributed by atoms with Crippen LogP contribution in [0.1, 0.15) is 33.9 Å².